The summed E-state index contributed by atoms with van der Waals surface area (Å²) in [5.74, 6) is 0.663. The van der Waals surface area contributed by atoms with Crippen molar-refractivity contribution in [3.05, 3.63) is 5.92 Å². The minimum absolute atomic E-state index is 0. The fraction of sp³-hybridized carbons (Fsp3) is 0.700. The van der Waals surface area contributed by atoms with Gasteiger partial charge in [-0.1, -0.05) is 20.8 Å². The molecular weight excluding hydrogens is 253 g/mol. The number of carbonyl (C=O) groups is 2. The molecule has 77 valence electrons. The minimum Gasteiger partial charge on any atom is -0.334 e. The fourth-order valence-electron chi connectivity index (χ4n) is 0.588. The van der Waals surface area contributed by atoms with Crippen LogP contribution in [0, 0.1) is 11.3 Å². The van der Waals surface area contributed by atoms with Crippen molar-refractivity contribution in [2.45, 2.75) is 41.0 Å². The average Bonchev–Trinajstić information content (AvgIpc) is 1.85. The third-order valence-electron chi connectivity index (χ3n) is 1.72. The van der Waals surface area contributed by atoms with Crippen molar-refractivity contribution in [1.29, 1.82) is 0 Å². The van der Waals surface area contributed by atoms with Gasteiger partial charge in [0, 0.05) is 17.6 Å². The Morgan fingerprint density at radius 1 is 1.15 bits per heavy atom. The molecule has 0 aliphatic carbocycles. The standard InChI is InChI=1S/C10H17O2.Ru/c1-7(2)8(11)6-9(12)10(3,4)5;/h6H2,1-5H3;/q-1;+1. The van der Waals surface area contributed by atoms with E-state index in [2.05, 4.69) is 0 Å². The second-order valence-electron chi connectivity index (χ2n) is 4.27. The second-order valence-corrected chi connectivity index (χ2v) is 4.27. The van der Waals surface area contributed by atoms with Gasteiger partial charge in [0.2, 0.25) is 0 Å². The molecule has 0 bridgehead atoms. The Hall–Kier alpha value is -0.167. The van der Waals surface area contributed by atoms with E-state index in [0.717, 1.165) is 0 Å². The average molecular weight is 270 g/mol. The van der Waals surface area contributed by atoms with Crippen molar-refractivity contribution < 1.29 is 29.1 Å². The zero-order chi connectivity index (χ0) is 9.94. The predicted octanol–water partition coefficient (Wildman–Crippen LogP) is 2.17. The van der Waals surface area contributed by atoms with Gasteiger partial charge in [-0.05, 0) is 0 Å². The van der Waals surface area contributed by atoms with E-state index < -0.39 is 5.41 Å². The molecule has 0 amide bonds. The maximum Gasteiger partial charge on any atom is 1.00 e. The molecule has 2 nitrogen and oxygen atoms in total. The molecule has 1 radical (unpaired) electrons. The molecule has 0 aliphatic heterocycles. The Balaban J connectivity index is 0. The number of Topliss-reactive ketones (excluding diaryl/α,β-unsaturated/α-hetero) is 2. The molecule has 3 heteroatoms. The van der Waals surface area contributed by atoms with Crippen molar-refractivity contribution >= 4 is 11.6 Å². The molecule has 0 rings (SSSR count). The SMILES string of the molecule is C[C-](C)C(=O)CC(=O)C(C)(C)C.[Ru+]. The van der Waals surface area contributed by atoms with Gasteiger partial charge in [0.05, 0.1) is 0 Å². The Morgan fingerprint density at radius 2 is 1.54 bits per heavy atom. The summed E-state index contributed by atoms with van der Waals surface area (Å²) in [6.07, 6.45) is 0.0475. The molecule has 0 aromatic carbocycles. The Labute approximate surface area is 93.2 Å². The molecule has 0 unspecified atom stereocenters. The van der Waals surface area contributed by atoms with E-state index in [-0.39, 0.29) is 37.5 Å². The largest absolute Gasteiger partial charge is 1.00 e. The zero-order valence-corrected chi connectivity index (χ0v) is 10.6. The molecule has 0 fully saturated rings. The normalized spacial score (nSPS) is 10.2. The van der Waals surface area contributed by atoms with Gasteiger partial charge in [0.1, 0.15) is 5.78 Å². The number of ketones is 2. The van der Waals surface area contributed by atoms with Gasteiger partial charge in [-0.25, -0.2) is 0 Å². The van der Waals surface area contributed by atoms with Crippen LogP contribution in [-0.4, -0.2) is 11.6 Å². The van der Waals surface area contributed by atoms with Crippen molar-refractivity contribution in [1.82, 2.24) is 0 Å². The number of hydrogen-bond acceptors (Lipinski definition) is 2. The number of carbonyl (C=O) groups excluding carboxylic acids is 2. The summed E-state index contributed by atoms with van der Waals surface area (Å²) in [7, 11) is 0. The first-order valence-electron chi connectivity index (χ1n) is 4.12. The molecule has 13 heavy (non-hydrogen) atoms. The summed E-state index contributed by atoms with van der Waals surface area (Å²) >= 11 is 0. The van der Waals surface area contributed by atoms with Crippen LogP contribution in [0.4, 0.5) is 0 Å². The van der Waals surface area contributed by atoms with E-state index in [1.54, 1.807) is 13.8 Å². The van der Waals surface area contributed by atoms with Crippen LogP contribution in [0.5, 0.6) is 0 Å². The summed E-state index contributed by atoms with van der Waals surface area (Å²) in [6, 6.07) is 0. The van der Waals surface area contributed by atoms with Crippen LogP contribution in [0.25, 0.3) is 0 Å². The van der Waals surface area contributed by atoms with Crippen LogP contribution in [0.2, 0.25) is 0 Å². The smallest absolute Gasteiger partial charge is 0.334 e. The first-order chi connectivity index (χ1) is 5.25. The number of hydrogen-bond donors (Lipinski definition) is 0. The summed E-state index contributed by atoms with van der Waals surface area (Å²) in [4.78, 5) is 22.5. The molecule has 0 saturated heterocycles. The van der Waals surface area contributed by atoms with Crippen molar-refractivity contribution in [2.24, 2.45) is 5.41 Å². The molecule has 0 N–H and O–H groups in total. The first-order valence-corrected chi connectivity index (χ1v) is 4.12. The van der Waals surface area contributed by atoms with E-state index in [1.165, 1.54) is 0 Å². The van der Waals surface area contributed by atoms with Gasteiger partial charge in [0.25, 0.3) is 0 Å². The van der Waals surface area contributed by atoms with Gasteiger partial charge < -0.3 is 10.7 Å². The quantitative estimate of drug-likeness (QED) is 0.447. The van der Waals surface area contributed by atoms with Crippen LogP contribution in [-0.2, 0) is 29.1 Å². The van der Waals surface area contributed by atoms with E-state index in [4.69, 9.17) is 0 Å². The summed E-state index contributed by atoms with van der Waals surface area (Å²) < 4.78 is 0. The molecule has 0 spiro atoms. The maximum absolute atomic E-state index is 11.3. The molecule has 0 saturated carbocycles. The van der Waals surface area contributed by atoms with Crippen molar-refractivity contribution in [2.75, 3.05) is 0 Å². The minimum atomic E-state index is -0.398. The third-order valence-corrected chi connectivity index (χ3v) is 1.72. The fourth-order valence-corrected chi connectivity index (χ4v) is 0.588. The third kappa shape index (κ3) is 5.98. The van der Waals surface area contributed by atoms with Crippen molar-refractivity contribution in [3.63, 3.8) is 0 Å². The van der Waals surface area contributed by atoms with E-state index in [0.29, 0.717) is 5.92 Å². The van der Waals surface area contributed by atoms with Crippen LogP contribution in [0.15, 0.2) is 0 Å². The molecule has 0 atom stereocenters. The van der Waals surface area contributed by atoms with Gasteiger partial charge in [0.15, 0.2) is 0 Å². The summed E-state index contributed by atoms with van der Waals surface area (Å²) in [6.45, 7) is 8.95. The van der Waals surface area contributed by atoms with Gasteiger partial charge in [-0.2, -0.15) is 13.8 Å². The Kier molecular flexibility index (Phi) is 6.52. The first kappa shape index (κ1) is 15.3. The second kappa shape index (κ2) is 5.54. The van der Waals surface area contributed by atoms with Gasteiger partial charge >= 0.3 is 19.5 Å². The molecule has 0 aliphatic rings. The van der Waals surface area contributed by atoms with E-state index in [1.807, 2.05) is 20.8 Å². The van der Waals surface area contributed by atoms with Crippen LogP contribution >= 0.6 is 0 Å². The Bertz CT molecular complexity index is 190. The molecule has 0 aromatic rings. The van der Waals surface area contributed by atoms with Gasteiger partial charge in [-0.3, -0.25) is 4.79 Å². The molecule has 0 heterocycles. The zero-order valence-electron chi connectivity index (χ0n) is 8.88. The predicted molar refractivity (Wildman–Crippen MR) is 48.7 cm³/mol. The van der Waals surface area contributed by atoms with Crippen molar-refractivity contribution in [3.8, 4) is 0 Å². The van der Waals surface area contributed by atoms with Crippen LogP contribution in [0.1, 0.15) is 41.0 Å². The topological polar surface area (TPSA) is 34.1 Å². The maximum atomic E-state index is 11.3. The van der Waals surface area contributed by atoms with E-state index in [9.17, 15) is 9.59 Å². The van der Waals surface area contributed by atoms with E-state index >= 15 is 0 Å². The van der Waals surface area contributed by atoms with Crippen LogP contribution < -0.4 is 0 Å². The molecular formula is C10H17O2Ru. The monoisotopic (exact) mass is 271 g/mol. The number of rotatable bonds is 3. The Morgan fingerprint density at radius 3 is 1.77 bits per heavy atom. The van der Waals surface area contributed by atoms with Crippen LogP contribution in [0.3, 0.4) is 0 Å². The summed E-state index contributed by atoms with van der Waals surface area (Å²) in [5.41, 5.74) is -0.398. The van der Waals surface area contributed by atoms with Gasteiger partial charge in [-0.15, -0.1) is 0 Å². The summed E-state index contributed by atoms with van der Waals surface area (Å²) in [5, 5.41) is 0. The molecule has 0 aromatic heterocycles.